The Bertz CT molecular complexity index is 1670. The van der Waals surface area contributed by atoms with Crippen molar-refractivity contribution in [1.82, 2.24) is 19.9 Å². The molecule has 12 nitrogen and oxygen atoms in total. The first-order valence-electron chi connectivity index (χ1n) is 11.0. The molecule has 6 N–H and O–H groups in total. The molecule has 16 heteroatoms. The molecule has 0 spiro atoms. The molecule has 4 rings (SSSR count). The summed E-state index contributed by atoms with van der Waals surface area (Å²) in [7, 11) is -3.58. The molecule has 4 aromatic rings. The lowest BCUT2D eigenvalue weighted by molar-refractivity contribution is 0.0991. The fourth-order valence-corrected chi connectivity index (χ4v) is 4.89. The van der Waals surface area contributed by atoms with E-state index >= 15 is 0 Å². The van der Waals surface area contributed by atoms with Crippen LogP contribution in [0.1, 0.15) is 20.7 Å². The Balaban J connectivity index is 0.000000222. The summed E-state index contributed by atoms with van der Waals surface area (Å²) in [6.45, 7) is 0. The van der Waals surface area contributed by atoms with E-state index in [0.717, 1.165) is 25.3 Å². The van der Waals surface area contributed by atoms with Crippen molar-refractivity contribution in [3.63, 3.8) is 0 Å². The number of sulfone groups is 1. The molecule has 0 aliphatic carbocycles. The lowest BCUT2D eigenvalue weighted by atomic mass is 10.2. The van der Waals surface area contributed by atoms with E-state index in [4.69, 9.17) is 11.5 Å². The number of nitrogens with zero attached hydrogens (tertiary/aromatic N) is 4. The second-order valence-corrected chi connectivity index (χ2v) is 13.0. The van der Waals surface area contributed by atoms with E-state index in [0.29, 0.717) is 16.7 Å². The molecule has 2 aromatic carbocycles. The highest BCUT2D eigenvalue weighted by molar-refractivity contribution is 14.1. The van der Waals surface area contributed by atoms with E-state index in [9.17, 15) is 18.0 Å². The molecule has 0 aliphatic rings. The minimum absolute atomic E-state index is 0.0151. The lowest BCUT2D eigenvalue weighted by Crippen LogP contribution is -2.17. The number of carbonyl (C=O) groups is 2. The number of aromatic nitrogens is 4. The zero-order valence-corrected chi connectivity index (χ0v) is 26.9. The smallest absolute Gasteiger partial charge is 0.254 e. The minimum Gasteiger partial charge on any atom is -0.365 e. The van der Waals surface area contributed by atoms with Gasteiger partial charge in [0.25, 0.3) is 11.8 Å². The van der Waals surface area contributed by atoms with E-state index in [1.54, 1.807) is 6.07 Å². The molecule has 208 valence electrons. The molecule has 0 fully saturated rings. The minimum atomic E-state index is -3.58. The van der Waals surface area contributed by atoms with E-state index in [1.165, 1.54) is 18.0 Å². The SMILES string of the molecule is CS(=O)(=O)c1ncc(C(N)=O)c(Nc2cccc(I)c2)n1.CSc1ncc(C(N)=O)c(Nc2cccc(I)c2)n1. The fourth-order valence-electron chi connectivity index (χ4n) is 2.97. The van der Waals surface area contributed by atoms with Gasteiger partial charge in [0, 0.05) is 37.2 Å². The van der Waals surface area contributed by atoms with Gasteiger partial charge in [-0.1, -0.05) is 23.9 Å². The number of amides is 2. The van der Waals surface area contributed by atoms with E-state index in [1.807, 2.05) is 48.7 Å². The third kappa shape index (κ3) is 8.96. The molecule has 2 heterocycles. The Morgan fingerprint density at radius 1 is 0.825 bits per heavy atom. The summed E-state index contributed by atoms with van der Waals surface area (Å²) in [6, 6.07) is 15.0. The Kier molecular flexibility index (Phi) is 11.0. The number of nitrogens with two attached hydrogens (primary N) is 2. The Morgan fingerprint density at radius 3 is 1.73 bits per heavy atom. The first-order valence-corrected chi connectivity index (χ1v) is 16.3. The largest absolute Gasteiger partial charge is 0.365 e. The van der Waals surface area contributed by atoms with Crippen molar-refractivity contribution in [2.24, 2.45) is 11.5 Å². The first kappa shape index (κ1) is 31.4. The molecular weight excluding hydrogens is 782 g/mol. The van der Waals surface area contributed by atoms with E-state index < -0.39 is 21.7 Å². The molecule has 0 aliphatic heterocycles. The van der Waals surface area contributed by atoms with Crippen LogP contribution in [0.4, 0.5) is 23.0 Å². The van der Waals surface area contributed by atoms with Gasteiger partial charge in [-0.05, 0) is 87.8 Å². The van der Waals surface area contributed by atoms with Crippen molar-refractivity contribution >= 4 is 102 Å². The molecular formula is C24H22I2N8O4S2. The third-order valence-corrected chi connectivity index (χ3v) is 7.52. The number of halogens is 2. The predicted molar refractivity (Wildman–Crippen MR) is 171 cm³/mol. The summed E-state index contributed by atoms with van der Waals surface area (Å²) in [6.07, 6.45) is 5.40. The van der Waals surface area contributed by atoms with Gasteiger partial charge < -0.3 is 22.1 Å². The summed E-state index contributed by atoms with van der Waals surface area (Å²) < 4.78 is 25.1. The second-order valence-electron chi connectivity index (χ2n) is 7.81. The van der Waals surface area contributed by atoms with Crippen molar-refractivity contribution < 1.29 is 18.0 Å². The maximum Gasteiger partial charge on any atom is 0.254 e. The van der Waals surface area contributed by atoms with Crippen LogP contribution in [0, 0.1) is 7.14 Å². The van der Waals surface area contributed by atoms with Gasteiger partial charge in [0.1, 0.15) is 22.8 Å². The number of carbonyl (C=O) groups excluding carboxylic acids is 2. The van der Waals surface area contributed by atoms with Crippen LogP contribution < -0.4 is 22.1 Å². The molecule has 2 aromatic heterocycles. The van der Waals surface area contributed by atoms with Crippen molar-refractivity contribution in [3.8, 4) is 0 Å². The number of hydrogen-bond donors (Lipinski definition) is 4. The van der Waals surface area contributed by atoms with Crippen molar-refractivity contribution in [1.29, 1.82) is 0 Å². The van der Waals surface area contributed by atoms with Gasteiger partial charge >= 0.3 is 0 Å². The zero-order valence-electron chi connectivity index (χ0n) is 20.9. The number of primary amides is 2. The summed E-state index contributed by atoms with van der Waals surface area (Å²) >= 11 is 5.75. The number of hydrogen-bond acceptors (Lipinski definition) is 11. The van der Waals surface area contributed by atoms with Crippen LogP contribution in [0.2, 0.25) is 0 Å². The maximum atomic E-state index is 11.5. The Hall–Kier alpha value is -3.10. The zero-order chi connectivity index (χ0) is 29.4. The van der Waals surface area contributed by atoms with Gasteiger partial charge in [-0.15, -0.1) is 0 Å². The molecule has 0 bridgehead atoms. The molecule has 0 saturated heterocycles. The molecule has 0 saturated carbocycles. The second kappa shape index (κ2) is 14.0. The molecule has 40 heavy (non-hydrogen) atoms. The van der Waals surface area contributed by atoms with Gasteiger partial charge in [0.2, 0.25) is 15.0 Å². The van der Waals surface area contributed by atoms with Crippen LogP contribution >= 0.6 is 56.9 Å². The normalized spacial score (nSPS) is 10.7. The van der Waals surface area contributed by atoms with Crippen LogP contribution in [0.5, 0.6) is 0 Å². The Labute approximate surface area is 261 Å². The van der Waals surface area contributed by atoms with Crippen LogP contribution in [0.25, 0.3) is 0 Å². The maximum absolute atomic E-state index is 11.5. The quantitative estimate of drug-likeness (QED) is 0.114. The van der Waals surface area contributed by atoms with Crippen LogP contribution in [-0.4, -0.2) is 52.7 Å². The average Bonchev–Trinajstić information content (AvgIpc) is 2.88. The number of anilines is 4. The topological polar surface area (TPSA) is 196 Å². The Morgan fingerprint density at radius 2 is 1.30 bits per heavy atom. The summed E-state index contributed by atoms with van der Waals surface area (Å²) in [5.41, 5.74) is 12.4. The van der Waals surface area contributed by atoms with E-state index in [-0.39, 0.29) is 22.1 Å². The molecule has 2 amide bonds. The van der Waals surface area contributed by atoms with Crippen molar-refractivity contribution in [3.05, 3.63) is 79.2 Å². The summed E-state index contributed by atoms with van der Waals surface area (Å²) in [5, 5.41) is 6.19. The van der Waals surface area contributed by atoms with E-state index in [2.05, 4.69) is 75.8 Å². The molecule has 0 atom stereocenters. The van der Waals surface area contributed by atoms with Gasteiger partial charge in [0.05, 0.1) is 0 Å². The van der Waals surface area contributed by atoms with Crippen molar-refractivity contribution in [2.75, 3.05) is 23.1 Å². The number of thioether (sulfide) groups is 1. The standard InChI is InChI=1S/C12H11IN4O3S.C12H11IN4OS/c1-21(19,20)12-15-6-9(10(14)18)11(17-12)16-8-4-2-3-7(13)5-8;1-19-12-15-6-9(10(14)18)11(17-12)16-8-4-2-3-7(13)5-8/h2-6H,1H3,(H2,14,18)(H,15,16,17);2-6H,1H3,(H2,14,18)(H,15,16,17). The average molecular weight is 804 g/mol. The molecule has 0 radical (unpaired) electrons. The monoisotopic (exact) mass is 804 g/mol. The van der Waals surface area contributed by atoms with Gasteiger partial charge in [-0.2, -0.15) is 4.98 Å². The highest BCUT2D eigenvalue weighted by Gasteiger charge is 2.18. The van der Waals surface area contributed by atoms with Crippen LogP contribution in [-0.2, 0) is 9.84 Å². The predicted octanol–water partition coefficient (Wildman–Crippen LogP) is 3.97. The summed E-state index contributed by atoms with van der Waals surface area (Å²) in [4.78, 5) is 38.6. The first-order chi connectivity index (χ1) is 18.9. The van der Waals surface area contributed by atoms with Gasteiger partial charge in [-0.3, -0.25) is 9.59 Å². The van der Waals surface area contributed by atoms with Gasteiger partial charge in [-0.25, -0.2) is 23.4 Å². The lowest BCUT2D eigenvalue weighted by Gasteiger charge is -2.10. The number of nitrogens with one attached hydrogen (secondary N) is 2. The number of rotatable bonds is 8. The van der Waals surface area contributed by atoms with Gasteiger partial charge in [0.15, 0.2) is 5.16 Å². The van der Waals surface area contributed by atoms with Crippen molar-refractivity contribution in [2.45, 2.75) is 10.3 Å². The fraction of sp³-hybridized carbons (Fsp3) is 0.0833. The highest BCUT2D eigenvalue weighted by atomic mass is 127. The number of benzene rings is 2. The van der Waals surface area contributed by atoms with Crippen LogP contribution in [0.15, 0.2) is 71.2 Å². The molecule has 0 unspecified atom stereocenters. The van der Waals surface area contributed by atoms with Crippen LogP contribution in [0.3, 0.4) is 0 Å². The summed E-state index contributed by atoms with van der Waals surface area (Å²) in [5.74, 6) is -0.822. The third-order valence-electron chi connectivity index (χ3n) is 4.75. The highest BCUT2D eigenvalue weighted by Crippen LogP contribution is 2.23.